The molecule has 0 spiro atoms. The number of benzene rings is 1. The zero-order valence-corrected chi connectivity index (χ0v) is 14.5. The fourth-order valence-corrected chi connectivity index (χ4v) is 3.62. The third kappa shape index (κ3) is 3.38. The van der Waals surface area contributed by atoms with Crippen molar-refractivity contribution < 1.29 is 17.5 Å². The van der Waals surface area contributed by atoms with Crippen LogP contribution in [0.4, 0.5) is 10.2 Å². The summed E-state index contributed by atoms with van der Waals surface area (Å²) in [5.41, 5.74) is 1.73. The van der Waals surface area contributed by atoms with Gasteiger partial charge in [-0.3, -0.25) is 4.72 Å². The number of pyridine rings is 1. The molecule has 0 saturated carbocycles. The SMILES string of the molecule is COc1cc(C)c(C)cc1S(=O)(=O)Nc1ncc(F)cc1Br. The van der Waals surface area contributed by atoms with Crippen LogP contribution < -0.4 is 9.46 Å². The van der Waals surface area contributed by atoms with Gasteiger partial charge in [0.05, 0.1) is 17.8 Å². The Kier molecular flexibility index (Phi) is 4.72. The lowest BCUT2D eigenvalue weighted by molar-refractivity contribution is 0.402. The Hall–Kier alpha value is -1.67. The second-order valence-corrected chi connectivity index (χ2v) is 7.18. The summed E-state index contributed by atoms with van der Waals surface area (Å²) < 4.78 is 45.8. The first kappa shape index (κ1) is 16.7. The first-order valence-corrected chi connectivity index (χ1v) is 8.51. The molecule has 22 heavy (non-hydrogen) atoms. The lowest BCUT2D eigenvalue weighted by Gasteiger charge is -2.14. The highest BCUT2D eigenvalue weighted by molar-refractivity contribution is 9.10. The number of nitrogens with zero attached hydrogens (tertiary/aromatic N) is 1. The number of hydrogen-bond acceptors (Lipinski definition) is 4. The normalized spacial score (nSPS) is 11.3. The van der Waals surface area contributed by atoms with Gasteiger partial charge in [-0.25, -0.2) is 17.8 Å². The molecule has 1 aromatic heterocycles. The number of ether oxygens (including phenoxy) is 1. The summed E-state index contributed by atoms with van der Waals surface area (Å²) in [6.07, 6.45) is 0.931. The average Bonchev–Trinajstić information content (AvgIpc) is 2.44. The summed E-state index contributed by atoms with van der Waals surface area (Å²) in [6.45, 7) is 3.67. The topological polar surface area (TPSA) is 68.3 Å². The maximum absolute atomic E-state index is 13.0. The third-order valence-electron chi connectivity index (χ3n) is 3.11. The standard InChI is InChI=1S/C14H14BrFN2O3S/c1-8-4-12(21-3)13(5-9(8)2)22(19,20)18-14-11(15)6-10(16)7-17-14/h4-7H,1-3H3,(H,17,18). The second kappa shape index (κ2) is 6.21. The lowest BCUT2D eigenvalue weighted by atomic mass is 10.1. The fraction of sp³-hybridized carbons (Fsp3) is 0.214. The Bertz CT molecular complexity index is 825. The summed E-state index contributed by atoms with van der Waals surface area (Å²) in [5.74, 6) is -0.339. The smallest absolute Gasteiger partial charge is 0.266 e. The van der Waals surface area contributed by atoms with Crippen LogP contribution in [0.25, 0.3) is 0 Å². The van der Waals surface area contributed by atoms with Gasteiger partial charge in [0.15, 0.2) is 5.82 Å². The van der Waals surface area contributed by atoms with Gasteiger partial charge < -0.3 is 4.74 Å². The number of sulfonamides is 1. The molecule has 0 bridgehead atoms. The van der Waals surface area contributed by atoms with Gasteiger partial charge in [-0.1, -0.05) is 0 Å². The number of nitrogens with one attached hydrogen (secondary N) is 1. The highest BCUT2D eigenvalue weighted by Gasteiger charge is 2.22. The largest absolute Gasteiger partial charge is 0.495 e. The van der Waals surface area contributed by atoms with E-state index in [2.05, 4.69) is 25.6 Å². The monoisotopic (exact) mass is 388 g/mol. The molecular weight excluding hydrogens is 375 g/mol. The van der Waals surface area contributed by atoms with Crippen molar-refractivity contribution in [3.8, 4) is 5.75 Å². The Labute approximate surface area is 136 Å². The predicted molar refractivity (Wildman–Crippen MR) is 85.2 cm³/mol. The van der Waals surface area contributed by atoms with Gasteiger partial charge in [0.1, 0.15) is 16.5 Å². The quantitative estimate of drug-likeness (QED) is 0.870. The average molecular weight is 389 g/mol. The molecule has 5 nitrogen and oxygen atoms in total. The van der Waals surface area contributed by atoms with Crippen molar-refractivity contribution in [2.75, 3.05) is 11.8 Å². The van der Waals surface area contributed by atoms with Crippen molar-refractivity contribution in [3.63, 3.8) is 0 Å². The summed E-state index contributed by atoms with van der Waals surface area (Å²) in [4.78, 5) is 3.73. The first-order chi connectivity index (χ1) is 10.2. The van der Waals surface area contributed by atoms with E-state index >= 15 is 0 Å². The Morgan fingerprint density at radius 1 is 1.23 bits per heavy atom. The number of anilines is 1. The third-order valence-corrected chi connectivity index (χ3v) is 5.07. The van der Waals surface area contributed by atoms with Gasteiger partial charge in [0, 0.05) is 0 Å². The molecule has 2 aromatic rings. The van der Waals surface area contributed by atoms with Gasteiger partial charge >= 0.3 is 0 Å². The van der Waals surface area contributed by atoms with Crippen LogP contribution in [-0.4, -0.2) is 20.5 Å². The molecule has 0 aliphatic carbocycles. The molecule has 1 heterocycles. The molecule has 0 radical (unpaired) electrons. The van der Waals surface area contributed by atoms with Crippen LogP contribution in [0.5, 0.6) is 5.75 Å². The lowest BCUT2D eigenvalue weighted by Crippen LogP contribution is -2.16. The molecule has 0 atom stereocenters. The molecular formula is C14H14BrFN2O3S. The van der Waals surface area contributed by atoms with E-state index in [0.717, 1.165) is 23.4 Å². The van der Waals surface area contributed by atoms with Crippen LogP contribution in [0.2, 0.25) is 0 Å². The van der Waals surface area contributed by atoms with E-state index in [1.165, 1.54) is 13.2 Å². The number of hydrogen-bond donors (Lipinski definition) is 1. The van der Waals surface area contributed by atoms with Crippen molar-refractivity contribution in [1.82, 2.24) is 4.98 Å². The van der Waals surface area contributed by atoms with Gasteiger partial charge in [-0.05, 0) is 59.1 Å². The van der Waals surface area contributed by atoms with Crippen LogP contribution in [0.3, 0.4) is 0 Å². The van der Waals surface area contributed by atoms with Crippen molar-refractivity contribution in [1.29, 1.82) is 0 Å². The molecule has 2 rings (SSSR count). The molecule has 0 unspecified atom stereocenters. The Balaban J connectivity index is 2.49. The number of halogens is 2. The van der Waals surface area contributed by atoms with Crippen LogP contribution in [-0.2, 0) is 10.0 Å². The predicted octanol–water partition coefficient (Wildman–Crippen LogP) is 3.41. The van der Waals surface area contributed by atoms with Gasteiger partial charge in [-0.2, -0.15) is 0 Å². The molecule has 1 N–H and O–H groups in total. The highest BCUT2D eigenvalue weighted by atomic mass is 79.9. The first-order valence-electron chi connectivity index (χ1n) is 6.23. The van der Waals surface area contributed by atoms with Crippen molar-refractivity contribution in [2.45, 2.75) is 18.7 Å². The second-order valence-electron chi connectivity index (χ2n) is 4.68. The van der Waals surface area contributed by atoms with Gasteiger partial charge in [-0.15, -0.1) is 0 Å². The van der Waals surface area contributed by atoms with Crippen LogP contribution in [0, 0.1) is 19.7 Å². The number of rotatable bonds is 4. The van der Waals surface area contributed by atoms with E-state index in [-0.39, 0.29) is 20.9 Å². The number of aryl methyl sites for hydroxylation is 2. The van der Waals surface area contributed by atoms with E-state index in [1.54, 1.807) is 13.0 Å². The van der Waals surface area contributed by atoms with Crippen molar-refractivity contribution in [2.24, 2.45) is 0 Å². The Morgan fingerprint density at radius 2 is 1.86 bits per heavy atom. The number of methoxy groups -OCH3 is 1. The molecule has 0 amide bonds. The van der Waals surface area contributed by atoms with E-state index in [0.29, 0.717) is 0 Å². The van der Waals surface area contributed by atoms with Crippen molar-refractivity contribution >= 4 is 31.8 Å². The molecule has 0 aliphatic heterocycles. The van der Waals surface area contributed by atoms with E-state index in [9.17, 15) is 12.8 Å². The zero-order valence-electron chi connectivity index (χ0n) is 12.1. The minimum Gasteiger partial charge on any atom is -0.495 e. The van der Waals surface area contributed by atoms with Crippen molar-refractivity contribution in [3.05, 3.63) is 45.8 Å². The molecule has 118 valence electrons. The van der Waals surface area contributed by atoms with Crippen LogP contribution >= 0.6 is 15.9 Å². The minimum atomic E-state index is -3.92. The van der Waals surface area contributed by atoms with E-state index in [4.69, 9.17) is 4.74 Å². The molecule has 0 aliphatic rings. The Morgan fingerprint density at radius 3 is 2.45 bits per heavy atom. The minimum absolute atomic E-state index is 0.00156. The molecule has 1 aromatic carbocycles. The van der Waals surface area contributed by atoms with Gasteiger partial charge in [0.25, 0.3) is 10.0 Å². The highest BCUT2D eigenvalue weighted by Crippen LogP contribution is 2.30. The summed E-state index contributed by atoms with van der Waals surface area (Å²) in [7, 11) is -2.52. The van der Waals surface area contributed by atoms with Crippen LogP contribution in [0.1, 0.15) is 11.1 Å². The maximum Gasteiger partial charge on any atom is 0.266 e. The molecule has 8 heteroatoms. The zero-order chi connectivity index (χ0) is 16.5. The van der Waals surface area contributed by atoms with E-state index in [1.807, 2.05) is 6.92 Å². The maximum atomic E-state index is 13.0. The molecule has 0 fully saturated rings. The summed E-state index contributed by atoms with van der Waals surface area (Å²) in [6, 6.07) is 4.30. The van der Waals surface area contributed by atoms with Crippen LogP contribution in [0.15, 0.2) is 33.8 Å². The van der Waals surface area contributed by atoms with Gasteiger partial charge in [0.2, 0.25) is 0 Å². The molecule has 0 saturated heterocycles. The summed E-state index contributed by atoms with van der Waals surface area (Å²) in [5, 5.41) is 0. The fourth-order valence-electron chi connectivity index (χ4n) is 1.80. The van der Waals surface area contributed by atoms with E-state index < -0.39 is 15.8 Å². The number of aromatic nitrogens is 1. The summed E-state index contributed by atoms with van der Waals surface area (Å²) >= 11 is 3.07.